The van der Waals surface area contributed by atoms with E-state index < -0.39 is 0 Å². The van der Waals surface area contributed by atoms with E-state index in [2.05, 4.69) is 22.9 Å². The van der Waals surface area contributed by atoms with E-state index in [9.17, 15) is 5.21 Å². The van der Waals surface area contributed by atoms with Crippen LogP contribution < -0.4 is 0 Å². The van der Waals surface area contributed by atoms with Gasteiger partial charge in [0, 0.05) is 42.9 Å². The van der Waals surface area contributed by atoms with Crippen molar-refractivity contribution in [3.8, 4) is 0 Å². The van der Waals surface area contributed by atoms with Crippen LogP contribution in [0.3, 0.4) is 0 Å². The second kappa shape index (κ2) is 4.36. The Morgan fingerprint density at radius 3 is 2.87 bits per heavy atom. The first-order chi connectivity index (χ1) is 11.1. The minimum Gasteiger partial charge on any atom is -0.633 e. The molecular formula is C18H21N3O2. The molecule has 0 radical (unpaired) electrons. The van der Waals surface area contributed by atoms with Gasteiger partial charge < -0.3 is 19.2 Å². The number of hydroxylamine groups is 3. The largest absolute Gasteiger partial charge is 0.633 e. The highest BCUT2D eigenvalue weighted by Gasteiger charge is 2.56. The highest BCUT2D eigenvalue weighted by molar-refractivity contribution is 6.07. The van der Waals surface area contributed by atoms with Crippen LogP contribution in [0.5, 0.6) is 0 Å². The van der Waals surface area contributed by atoms with E-state index in [0.717, 1.165) is 42.8 Å². The molecule has 0 aliphatic carbocycles. The SMILES string of the molecule is Cn1cc(C2=NCC3(C[N+]4([O-])CCC3CC4)O2)c2ccccc21. The number of ether oxygens (including phenoxy) is 1. The molecule has 0 amide bonds. The molecule has 2 aromatic rings. The molecule has 0 saturated carbocycles. The maximum absolute atomic E-state index is 12.8. The fourth-order valence-corrected chi connectivity index (χ4v) is 4.75. The van der Waals surface area contributed by atoms with Gasteiger partial charge in [0.25, 0.3) is 0 Å². The topological polar surface area (TPSA) is 49.6 Å². The molecule has 6 rings (SSSR count). The van der Waals surface area contributed by atoms with Gasteiger partial charge in [0.15, 0.2) is 5.60 Å². The molecule has 1 aromatic heterocycles. The van der Waals surface area contributed by atoms with Crippen molar-refractivity contribution >= 4 is 16.8 Å². The molecule has 3 saturated heterocycles. The normalized spacial score (nSPS) is 35.7. The number of quaternary nitrogens is 1. The van der Waals surface area contributed by atoms with E-state index in [1.54, 1.807) is 0 Å². The Kier molecular flexibility index (Phi) is 2.58. The van der Waals surface area contributed by atoms with Gasteiger partial charge in [-0.05, 0) is 6.07 Å². The fraction of sp³-hybridized carbons (Fsp3) is 0.500. The lowest BCUT2D eigenvalue weighted by molar-refractivity contribution is -0.905. The van der Waals surface area contributed by atoms with Crippen LogP contribution in [-0.4, -0.2) is 46.9 Å². The second-order valence-corrected chi connectivity index (χ2v) is 7.40. The van der Waals surface area contributed by atoms with Crippen LogP contribution in [0.1, 0.15) is 18.4 Å². The van der Waals surface area contributed by atoms with Gasteiger partial charge in [-0.2, -0.15) is 0 Å². The molecule has 0 N–H and O–H groups in total. The van der Waals surface area contributed by atoms with Crippen LogP contribution in [0.2, 0.25) is 0 Å². The minimum atomic E-state index is -0.357. The molecule has 1 aromatic carbocycles. The van der Waals surface area contributed by atoms with Gasteiger partial charge in [-0.15, -0.1) is 0 Å². The van der Waals surface area contributed by atoms with E-state index >= 15 is 0 Å². The van der Waals surface area contributed by atoms with Crippen molar-refractivity contribution in [1.82, 2.24) is 4.57 Å². The summed E-state index contributed by atoms with van der Waals surface area (Å²) in [5.41, 5.74) is 1.87. The number of benzene rings is 1. The van der Waals surface area contributed by atoms with Crippen molar-refractivity contribution in [1.29, 1.82) is 0 Å². The lowest BCUT2D eigenvalue weighted by atomic mass is 9.75. The average Bonchev–Trinajstić information content (AvgIpc) is 3.10. The van der Waals surface area contributed by atoms with Gasteiger partial charge in [0.05, 0.1) is 25.2 Å². The number of hydrogen-bond acceptors (Lipinski definition) is 3. The number of hydrogen-bond donors (Lipinski definition) is 0. The summed E-state index contributed by atoms with van der Waals surface area (Å²) in [4.78, 5) is 4.73. The number of aliphatic imine (C=N–C) groups is 1. The smallest absolute Gasteiger partial charge is 0.219 e. The Labute approximate surface area is 135 Å². The lowest BCUT2D eigenvalue weighted by Gasteiger charge is -2.58. The highest BCUT2D eigenvalue weighted by atomic mass is 16.6. The van der Waals surface area contributed by atoms with Crippen molar-refractivity contribution < 1.29 is 9.38 Å². The maximum atomic E-state index is 12.8. The molecule has 4 aliphatic heterocycles. The van der Waals surface area contributed by atoms with Gasteiger partial charge >= 0.3 is 0 Å². The van der Waals surface area contributed by atoms with Crippen LogP contribution in [-0.2, 0) is 11.8 Å². The Morgan fingerprint density at radius 1 is 1.30 bits per heavy atom. The third kappa shape index (κ3) is 1.83. The minimum absolute atomic E-state index is 0.0885. The summed E-state index contributed by atoms with van der Waals surface area (Å²) in [5.74, 6) is 1.20. The zero-order chi connectivity index (χ0) is 15.7. The van der Waals surface area contributed by atoms with Crippen molar-refractivity contribution in [2.75, 3.05) is 26.2 Å². The number of rotatable bonds is 1. The summed E-state index contributed by atoms with van der Waals surface area (Å²) in [5, 5.41) is 13.9. The first kappa shape index (κ1) is 13.6. The maximum Gasteiger partial charge on any atom is 0.219 e. The Balaban J connectivity index is 1.52. The molecule has 2 bridgehead atoms. The molecule has 5 heteroatoms. The van der Waals surface area contributed by atoms with E-state index in [1.807, 2.05) is 19.2 Å². The highest BCUT2D eigenvalue weighted by Crippen LogP contribution is 2.45. The van der Waals surface area contributed by atoms with Gasteiger partial charge in [-0.25, -0.2) is 4.99 Å². The standard InChI is InChI=1S/C18H21N3O2/c1-20-10-15(14-4-2-3-5-16(14)20)17-19-11-18(23-17)12-21(22)8-6-13(18)7-9-21/h2-5,10,13H,6-9,11-12H2,1H3. The molecule has 3 fully saturated rings. The van der Waals surface area contributed by atoms with Crippen LogP contribution in [0.15, 0.2) is 35.5 Å². The molecule has 120 valence electrons. The average molecular weight is 311 g/mol. The van der Waals surface area contributed by atoms with Gasteiger partial charge in [0.1, 0.15) is 6.54 Å². The van der Waals surface area contributed by atoms with Crippen LogP contribution in [0.25, 0.3) is 10.9 Å². The zero-order valence-electron chi connectivity index (χ0n) is 13.4. The van der Waals surface area contributed by atoms with Crippen molar-refractivity contribution in [2.24, 2.45) is 18.0 Å². The number of para-hydroxylation sites is 1. The molecule has 1 unspecified atom stereocenters. The van der Waals surface area contributed by atoms with Crippen molar-refractivity contribution in [3.63, 3.8) is 0 Å². The van der Waals surface area contributed by atoms with Gasteiger partial charge in [-0.1, -0.05) is 18.2 Å². The van der Waals surface area contributed by atoms with E-state index in [4.69, 9.17) is 9.73 Å². The number of piperidine rings is 3. The molecule has 1 spiro atoms. The van der Waals surface area contributed by atoms with Crippen molar-refractivity contribution in [2.45, 2.75) is 18.4 Å². The third-order valence-corrected chi connectivity index (χ3v) is 5.99. The first-order valence-electron chi connectivity index (χ1n) is 8.44. The second-order valence-electron chi connectivity index (χ2n) is 7.40. The summed E-state index contributed by atoms with van der Waals surface area (Å²) in [6.45, 7) is 2.70. The predicted molar refractivity (Wildman–Crippen MR) is 89.1 cm³/mol. The van der Waals surface area contributed by atoms with Crippen LogP contribution >= 0.6 is 0 Å². The summed E-state index contributed by atoms with van der Waals surface area (Å²) in [7, 11) is 2.04. The third-order valence-electron chi connectivity index (χ3n) is 5.99. The molecule has 5 nitrogen and oxygen atoms in total. The summed E-state index contributed by atoms with van der Waals surface area (Å²) in [6.07, 6.45) is 4.04. The summed E-state index contributed by atoms with van der Waals surface area (Å²) in [6, 6.07) is 8.31. The molecule has 4 aliphatic rings. The number of fused-ring (bicyclic) bond motifs is 3. The van der Waals surface area contributed by atoms with Gasteiger partial charge in [0.2, 0.25) is 5.90 Å². The number of aromatic nitrogens is 1. The summed E-state index contributed by atoms with van der Waals surface area (Å²) >= 11 is 0. The fourth-order valence-electron chi connectivity index (χ4n) is 4.75. The zero-order valence-corrected chi connectivity index (χ0v) is 13.4. The van der Waals surface area contributed by atoms with E-state index in [1.165, 1.54) is 5.52 Å². The number of nitrogens with zero attached hydrogens (tertiary/aromatic N) is 3. The monoisotopic (exact) mass is 311 g/mol. The molecule has 1 atom stereocenters. The van der Waals surface area contributed by atoms with E-state index in [-0.39, 0.29) is 10.2 Å². The van der Waals surface area contributed by atoms with Crippen LogP contribution in [0, 0.1) is 11.1 Å². The number of aryl methyl sites for hydroxylation is 1. The predicted octanol–water partition coefficient (Wildman–Crippen LogP) is 2.43. The van der Waals surface area contributed by atoms with E-state index in [0.29, 0.717) is 19.0 Å². The Hall–Kier alpha value is -1.85. The van der Waals surface area contributed by atoms with Crippen molar-refractivity contribution in [3.05, 3.63) is 41.2 Å². The molecular weight excluding hydrogens is 290 g/mol. The van der Waals surface area contributed by atoms with Crippen LogP contribution in [0.4, 0.5) is 0 Å². The van der Waals surface area contributed by atoms with Gasteiger partial charge in [-0.3, -0.25) is 0 Å². The summed E-state index contributed by atoms with van der Waals surface area (Å²) < 4.78 is 8.44. The first-order valence-corrected chi connectivity index (χ1v) is 8.44. The molecule has 23 heavy (non-hydrogen) atoms. The quantitative estimate of drug-likeness (QED) is 0.600. The lowest BCUT2D eigenvalue weighted by Crippen LogP contribution is -2.67. The Morgan fingerprint density at radius 2 is 2.09 bits per heavy atom. The Bertz CT molecular complexity index is 817. The molecule has 5 heterocycles.